The SMILES string of the molecule is CC(CN1CCCC1)Nc1n[nH]c(=O)[nH]c1=O. The summed E-state index contributed by atoms with van der Waals surface area (Å²) >= 11 is 0. The average Bonchev–Trinajstić information content (AvgIpc) is 2.75. The van der Waals surface area contributed by atoms with Gasteiger partial charge >= 0.3 is 5.69 Å². The standard InChI is InChI=1S/C10H17N5O2/c1-7(6-15-4-2-3-5-15)11-8-9(16)12-10(17)14-13-8/h7H,2-6H2,1H3,(H,11,13)(H2,12,14,16,17). The number of nitrogens with zero attached hydrogens (tertiary/aromatic N) is 2. The van der Waals surface area contributed by atoms with Crippen LogP contribution >= 0.6 is 0 Å². The van der Waals surface area contributed by atoms with Gasteiger partial charge in [0.05, 0.1) is 0 Å². The minimum atomic E-state index is -0.590. The van der Waals surface area contributed by atoms with Crippen LogP contribution in [0, 0.1) is 0 Å². The van der Waals surface area contributed by atoms with Crippen LogP contribution in [0.2, 0.25) is 0 Å². The third kappa shape index (κ3) is 3.16. The monoisotopic (exact) mass is 239 g/mol. The second kappa shape index (κ2) is 5.13. The molecule has 17 heavy (non-hydrogen) atoms. The van der Waals surface area contributed by atoms with E-state index in [9.17, 15) is 9.59 Å². The van der Waals surface area contributed by atoms with Gasteiger partial charge in [0.1, 0.15) is 0 Å². The zero-order valence-corrected chi connectivity index (χ0v) is 9.82. The Morgan fingerprint density at radius 3 is 2.76 bits per heavy atom. The molecular weight excluding hydrogens is 222 g/mol. The van der Waals surface area contributed by atoms with Gasteiger partial charge in [-0.05, 0) is 32.9 Å². The van der Waals surface area contributed by atoms with Crippen molar-refractivity contribution in [2.24, 2.45) is 0 Å². The van der Waals surface area contributed by atoms with Crippen LogP contribution in [0.1, 0.15) is 19.8 Å². The molecule has 1 saturated heterocycles. The number of anilines is 1. The summed E-state index contributed by atoms with van der Waals surface area (Å²) in [6.07, 6.45) is 2.48. The first-order chi connectivity index (χ1) is 8.15. The number of H-pyrrole nitrogens is 2. The van der Waals surface area contributed by atoms with E-state index in [4.69, 9.17) is 0 Å². The first-order valence-corrected chi connectivity index (χ1v) is 5.83. The summed E-state index contributed by atoms with van der Waals surface area (Å²) in [5.41, 5.74) is -1.07. The third-order valence-corrected chi connectivity index (χ3v) is 2.83. The number of likely N-dealkylation sites (tertiary alicyclic amines) is 1. The Morgan fingerprint density at radius 1 is 1.41 bits per heavy atom. The van der Waals surface area contributed by atoms with Crippen LogP contribution in [0.15, 0.2) is 9.59 Å². The van der Waals surface area contributed by atoms with Crippen LogP contribution in [-0.4, -0.2) is 45.8 Å². The molecule has 1 aromatic heterocycles. The molecule has 1 aliphatic heterocycles. The molecule has 2 rings (SSSR count). The molecule has 7 heteroatoms. The van der Waals surface area contributed by atoms with Gasteiger partial charge in [-0.1, -0.05) is 0 Å². The van der Waals surface area contributed by atoms with E-state index in [0.717, 1.165) is 19.6 Å². The summed E-state index contributed by atoms with van der Waals surface area (Å²) in [7, 11) is 0. The Labute approximate surface area is 98.2 Å². The van der Waals surface area contributed by atoms with Gasteiger partial charge in [0.2, 0.25) is 5.82 Å². The average molecular weight is 239 g/mol. The highest BCUT2D eigenvalue weighted by Crippen LogP contribution is 2.08. The van der Waals surface area contributed by atoms with E-state index >= 15 is 0 Å². The van der Waals surface area contributed by atoms with E-state index in [1.54, 1.807) is 0 Å². The number of aromatic nitrogens is 3. The Morgan fingerprint density at radius 2 is 2.12 bits per heavy atom. The van der Waals surface area contributed by atoms with Crippen LogP contribution < -0.4 is 16.6 Å². The number of hydrogen-bond acceptors (Lipinski definition) is 5. The summed E-state index contributed by atoms with van der Waals surface area (Å²) < 4.78 is 0. The zero-order chi connectivity index (χ0) is 12.3. The van der Waals surface area contributed by atoms with Gasteiger partial charge in [-0.3, -0.25) is 9.78 Å². The van der Waals surface area contributed by atoms with Gasteiger partial charge in [0.15, 0.2) is 0 Å². The highest BCUT2D eigenvalue weighted by Gasteiger charge is 2.15. The Kier molecular flexibility index (Phi) is 3.58. The van der Waals surface area contributed by atoms with E-state index in [0.29, 0.717) is 0 Å². The lowest BCUT2D eigenvalue weighted by Gasteiger charge is -2.20. The quantitative estimate of drug-likeness (QED) is 0.649. The van der Waals surface area contributed by atoms with E-state index in [1.165, 1.54) is 12.8 Å². The lowest BCUT2D eigenvalue weighted by molar-refractivity contribution is 0.327. The molecule has 1 fully saturated rings. The fourth-order valence-electron chi connectivity index (χ4n) is 2.08. The first-order valence-electron chi connectivity index (χ1n) is 5.83. The maximum Gasteiger partial charge on any atom is 0.342 e. The number of nitrogens with one attached hydrogen (secondary N) is 3. The molecule has 94 valence electrons. The van der Waals surface area contributed by atoms with Crippen molar-refractivity contribution in [2.45, 2.75) is 25.8 Å². The molecular formula is C10H17N5O2. The van der Waals surface area contributed by atoms with Crippen LogP contribution in [0.3, 0.4) is 0 Å². The lowest BCUT2D eigenvalue weighted by Crippen LogP contribution is -2.36. The van der Waals surface area contributed by atoms with E-state index in [1.807, 2.05) is 6.92 Å². The fraction of sp³-hybridized carbons (Fsp3) is 0.700. The molecule has 0 radical (unpaired) electrons. The van der Waals surface area contributed by atoms with Crippen molar-refractivity contribution in [3.05, 3.63) is 20.8 Å². The van der Waals surface area contributed by atoms with Gasteiger partial charge in [-0.25, -0.2) is 9.89 Å². The topological polar surface area (TPSA) is 93.9 Å². The van der Waals surface area contributed by atoms with Crippen LogP contribution in [0.5, 0.6) is 0 Å². The summed E-state index contributed by atoms with van der Waals surface area (Å²) in [5.74, 6) is 0.163. The van der Waals surface area contributed by atoms with Crippen molar-refractivity contribution in [2.75, 3.05) is 25.0 Å². The molecule has 1 unspecified atom stereocenters. The normalized spacial score (nSPS) is 18.2. The Balaban J connectivity index is 1.95. The third-order valence-electron chi connectivity index (χ3n) is 2.83. The summed E-state index contributed by atoms with van der Waals surface area (Å²) in [5, 5.41) is 8.88. The second-order valence-electron chi connectivity index (χ2n) is 4.41. The van der Waals surface area contributed by atoms with Crippen molar-refractivity contribution < 1.29 is 0 Å². The molecule has 0 aromatic carbocycles. The molecule has 7 nitrogen and oxygen atoms in total. The van der Waals surface area contributed by atoms with Gasteiger partial charge in [-0.2, -0.15) is 0 Å². The predicted octanol–water partition coefficient (Wildman–Crippen LogP) is -0.646. The first kappa shape index (κ1) is 11.8. The van der Waals surface area contributed by atoms with Gasteiger partial charge in [0, 0.05) is 12.6 Å². The van der Waals surface area contributed by atoms with Crippen LogP contribution in [0.4, 0.5) is 5.82 Å². The Hall–Kier alpha value is -1.63. The van der Waals surface area contributed by atoms with Crippen molar-refractivity contribution in [1.29, 1.82) is 0 Å². The number of hydrogen-bond donors (Lipinski definition) is 3. The highest BCUT2D eigenvalue weighted by molar-refractivity contribution is 5.30. The van der Waals surface area contributed by atoms with E-state index in [-0.39, 0.29) is 11.9 Å². The zero-order valence-electron chi connectivity index (χ0n) is 9.82. The van der Waals surface area contributed by atoms with E-state index in [2.05, 4.69) is 25.4 Å². The highest BCUT2D eigenvalue weighted by atomic mass is 16.2. The molecule has 1 aliphatic rings. The predicted molar refractivity (Wildman–Crippen MR) is 64.2 cm³/mol. The molecule has 0 spiro atoms. The van der Waals surface area contributed by atoms with Gasteiger partial charge in [-0.15, -0.1) is 5.10 Å². The number of rotatable bonds is 4. The summed E-state index contributed by atoms with van der Waals surface area (Å²) in [6.45, 7) is 5.09. The molecule has 3 N–H and O–H groups in total. The molecule has 0 bridgehead atoms. The van der Waals surface area contributed by atoms with Crippen molar-refractivity contribution in [3.63, 3.8) is 0 Å². The molecule has 0 saturated carbocycles. The number of aromatic amines is 2. The molecule has 1 atom stereocenters. The smallest absolute Gasteiger partial charge is 0.342 e. The van der Waals surface area contributed by atoms with E-state index < -0.39 is 11.2 Å². The lowest BCUT2D eigenvalue weighted by atomic mass is 10.3. The molecule has 0 amide bonds. The van der Waals surface area contributed by atoms with Gasteiger partial charge in [0.25, 0.3) is 5.56 Å². The minimum absolute atomic E-state index is 0.118. The summed E-state index contributed by atoms with van der Waals surface area (Å²) in [6, 6.07) is 0.118. The Bertz CT molecular complexity index is 474. The van der Waals surface area contributed by atoms with Gasteiger partial charge < -0.3 is 10.2 Å². The van der Waals surface area contributed by atoms with Crippen LogP contribution in [0.25, 0.3) is 0 Å². The fourth-order valence-corrected chi connectivity index (χ4v) is 2.08. The largest absolute Gasteiger partial charge is 0.360 e. The summed E-state index contributed by atoms with van der Waals surface area (Å²) in [4.78, 5) is 26.7. The maximum absolute atomic E-state index is 11.4. The van der Waals surface area contributed by atoms with Crippen LogP contribution in [-0.2, 0) is 0 Å². The molecule has 0 aliphatic carbocycles. The molecule has 1 aromatic rings. The van der Waals surface area contributed by atoms with Crippen molar-refractivity contribution >= 4 is 5.82 Å². The maximum atomic E-state index is 11.4. The molecule has 2 heterocycles. The second-order valence-corrected chi connectivity index (χ2v) is 4.41. The minimum Gasteiger partial charge on any atom is -0.360 e. The van der Waals surface area contributed by atoms with Crippen molar-refractivity contribution in [3.8, 4) is 0 Å². The van der Waals surface area contributed by atoms with Crippen molar-refractivity contribution in [1.82, 2.24) is 20.1 Å².